The van der Waals surface area contributed by atoms with E-state index in [2.05, 4.69) is 0 Å². The number of ether oxygens (including phenoxy) is 1. The molecule has 0 aliphatic heterocycles. The lowest BCUT2D eigenvalue weighted by Gasteiger charge is -2.30. The first-order valence-corrected chi connectivity index (χ1v) is 7.68. The predicted octanol–water partition coefficient (Wildman–Crippen LogP) is 3.14. The van der Waals surface area contributed by atoms with Crippen LogP contribution in [0, 0.1) is 11.3 Å². The molecule has 1 heterocycles. The molecule has 0 aliphatic carbocycles. The van der Waals surface area contributed by atoms with Crippen molar-refractivity contribution in [2.24, 2.45) is 11.3 Å². The summed E-state index contributed by atoms with van der Waals surface area (Å²) in [6.07, 6.45) is 1.09. The zero-order chi connectivity index (χ0) is 15.3. The highest BCUT2D eigenvalue weighted by atomic mass is 32.1. The Morgan fingerprint density at radius 3 is 2.30 bits per heavy atom. The molecule has 20 heavy (non-hydrogen) atoms. The smallest absolute Gasteiger partial charge is 0.324 e. The minimum absolute atomic E-state index is 0.184. The van der Waals surface area contributed by atoms with Crippen molar-refractivity contribution in [1.29, 1.82) is 0 Å². The molecule has 1 N–H and O–H groups in total. The molecule has 1 rings (SSSR count). The van der Waals surface area contributed by atoms with Crippen LogP contribution in [0.15, 0.2) is 12.1 Å². The highest BCUT2D eigenvalue weighted by Gasteiger charge is 2.50. The summed E-state index contributed by atoms with van der Waals surface area (Å²) in [5, 5.41) is 9.62. The lowest BCUT2D eigenvalue weighted by atomic mass is 9.74. The minimum atomic E-state index is -1.51. The predicted molar refractivity (Wildman–Crippen MR) is 78.9 cm³/mol. The summed E-state index contributed by atoms with van der Waals surface area (Å²) < 4.78 is 5.02. The van der Waals surface area contributed by atoms with Crippen molar-refractivity contribution in [3.8, 4) is 0 Å². The third kappa shape index (κ3) is 3.20. The molecule has 4 nitrogen and oxygen atoms in total. The zero-order valence-electron chi connectivity index (χ0n) is 12.4. The van der Waals surface area contributed by atoms with Crippen molar-refractivity contribution >= 4 is 23.3 Å². The van der Waals surface area contributed by atoms with E-state index in [-0.39, 0.29) is 18.9 Å². The molecule has 0 radical (unpaired) electrons. The van der Waals surface area contributed by atoms with Gasteiger partial charge in [0.15, 0.2) is 5.41 Å². The number of aliphatic carboxylic acids is 1. The summed E-state index contributed by atoms with van der Waals surface area (Å²) in [6.45, 7) is 7.42. The number of esters is 1. The third-order valence-electron chi connectivity index (χ3n) is 3.53. The van der Waals surface area contributed by atoms with Crippen LogP contribution in [0.2, 0.25) is 0 Å². The number of carboxylic acids is 1. The van der Waals surface area contributed by atoms with E-state index in [9.17, 15) is 14.7 Å². The molecule has 0 amide bonds. The van der Waals surface area contributed by atoms with Crippen LogP contribution >= 0.6 is 11.3 Å². The van der Waals surface area contributed by atoms with Gasteiger partial charge in [-0.3, -0.25) is 9.59 Å². The molecule has 0 aromatic carbocycles. The van der Waals surface area contributed by atoms with Gasteiger partial charge in [0.25, 0.3) is 0 Å². The Labute approximate surface area is 123 Å². The van der Waals surface area contributed by atoms with Gasteiger partial charge in [-0.25, -0.2) is 0 Å². The van der Waals surface area contributed by atoms with Gasteiger partial charge >= 0.3 is 11.9 Å². The van der Waals surface area contributed by atoms with Crippen LogP contribution in [0.3, 0.4) is 0 Å². The van der Waals surface area contributed by atoms with Crippen LogP contribution in [0.4, 0.5) is 0 Å². The Morgan fingerprint density at radius 1 is 1.30 bits per heavy atom. The number of hydrogen-bond acceptors (Lipinski definition) is 4. The Hall–Kier alpha value is -1.36. The molecule has 1 aromatic rings. The maximum Gasteiger partial charge on any atom is 0.324 e. The molecular weight excluding hydrogens is 276 g/mol. The zero-order valence-corrected chi connectivity index (χ0v) is 13.3. The summed E-state index contributed by atoms with van der Waals surface area (Å²) in [4.78, 5) is 26.1. The van der Waals surface area contributed by atoms with E-state index in [1.54, 1.807) is 32.1 Å². The fourth-order valence-electron chi connectivity index (χ4n) is 2.16. The number of aryl methyl sites for hydroxylation is 1. The van der Waals surface area contributed by atoms with Gasteiger partial charge in [0, 0.05) is 16.2 Å². The van der Waals surface area contributed by atoms with Gasteiger partial charge in [-0.1, -0.05) is 20.8 Å². The second-order valence-corrected chi connectivity index (χ2v) is 6.30. The van der Waals surface area contributed by atoms with Crippen molar-refractivity contribution in [3.05, 3.63) is 21.9 Å². The van der Waals surface area contributed by atoms with Crippen LogP contribution in [0.25, 0.3) is 0 Å². The molecule has 1 atom stereocenters. The SMILES string of the molecule is CCOC(=O)C(Cc1ccc(CC)s1)(C(=O)O)C(C)C. The van der Waals surface area contributed by atoms with E-state index in [1.165, 1.54) is 4.88 Å². The molecule has 1 unspecified atom stereocenters. The van der Waals surface area contributed by atoms with Crippen molar-refractivity contribution in [2.75, 3.05) is 6.61 Å². The number of rotatable bonds is 7. The molecule has 0 saturated carbocycles. The second kappa shape index (κ2) is 6.88. The lowest BCUT2D eigenvalue weighted by molar-refractivity contribution is -0.172. The van der Waals surface area contributed by atoms with Gasteiger partial charge in [0.2, 0.25) is 0 Å². The Morgan fingerprint density at radius 2 is 1.90 bits per heavy atom. The number of hydrogen-bond donors (Lipinski definition) is 1. The average molecular weight is 298 g/mol. The molecule has 1 aromatic heterocycles. The minimum Gasteiger partial charge on any atom is -0.480 e. The highest BCUT2D eigenvalue weighted by Crippen LogP contribution is 2.36. The molecule has 5 heteroatoms. The van der Waals surface area contributed by atoms with E-state index in [1.807, 2.05) is 19.1 Å². The average Bonchev–Trinajstić information content (AvgIpc) is 2.82. The van der Waals surface area contributed by atoms with E-state index >= 15 is 0 Å². The van der Waals surface area contributed by atoms with Crippen LogP contribution < -0.4 is 0 Å². The maximum absolute atomic E-state index is 12.2. The first kappa shape index (κ1) is 16.7. The first-order valence-electron chi connectivity index (χ1n) is 6.86. The van der Waals surface area contributed by atoms with Crippen LogP contribution in [0.5, 0.6) is 0 Å². The Kier molecular flexibility index (Phi) is 5.74. The molecule has 0 saturated heterocycles. The fraction of sp³-hybridized carbons (Fsp3) is 0.600. The van der Waals surface area contributed by atoms with Crippen molar-refractivity contribution in [1.82, 2.24) is 0 Å². The summed E-state index contributed by atoms with van der Waals surface area (Å²) in [7, 11) is 0. The van der Waals surface area contributed by atoms with Gasteiger partial charge in [0.05, 0.1) is 6.61 Å². The van der Waals surface area contributed by atoms with Gasteiger partial charge in [0.1, 0.15) is 0 Å². The number of thiophene rings is 1. The second-order valence-electron chi connectivity index (χ2n) is 5.05. The van der Waals surface area contributed by atoms with Crippen LogP contribution in [0.1, 0.15) is 37.4 Å². The largest absolute Gasteiger partial charge is 0.480 e. The first-order chi connectivity index (χ1) is 9.38. The van der Waals surface area contributed by atoms with Gasteiger partial charge in [-0.2, -0.15) is 0 Å². The van der Waals surface area contributed by atoms with Crippen molar-refractivity contribution in [3.63, 3.8) is 0 Å². The van der Waals surface area contributed by atoms with E-state index in [4.69, 9.17) is 4.74 Å². The molecule has 0 spiro atoms. The third-order valence-corrected chi connectivity index (χ3v) is 4.76. The summed E-state index contributed by atoms with van der Waals surface area (Å²) in [5.41, 5.74) is -1.51. The number of carbonyl (C=O) groups is 2. The Balaban J connectivity index is 3.15. The molecule has 112 valence electrons. The summed E-state index contributed by atoms with van der Waals surface area (Å²) in [5.74, 6) is -2.10. The van der Waals surface area contributed by atoms with E-state index in [0.717, 1.165) is 11.3 Å². The lowest BCUT2D eigenvalue weighted by Crippen LogP contribution is -2.46. The number of carboxylic acid groups (broad SMARTS) is 1. The van der Waals surface area contributed by atoms with Gasteiger partial charge in [-0.05, 0) is 31.4 Å². The van der Waals surface area contributed by atoms with Gasteiger partial charge in [-0.15, -0.1) is 11.3 Å². The van der Waals surface area contributed by atoms with Crippen LogP contribution in [-0.4, -0.2) is 23.7 Å². The molecular formula is C15H22O4S. The van der Waals surface area contributed by atoms with Gasteiger partial charge < -0.3 is 9.84 Å². The topological polar surface area (TPSA) is 63.6 Å². The molecule has 0 bridgehead atoms. The quantitative estimate of drug-likeness (QED) is 0.620. The van der Waals surface area contributed by atoms with Crippen molar-refractivity contribution < 1.29 is 19.4 Å². The normalized spacial score (nSPS) is 14.1. The van der Waals surface area contributed by atoms with E-state index < -0.39 is 17.4 Å². The van der Waals surface area contributed by atoms with Crippen LogP contribution in [-0.2, 0) is 27.2 Å². The fourth-order valence-corrected chi connectivity index (χ4v) is 3.22. The Bertz CT molecular complexity index is 478. The number of carbonyl (C=O) groups excluding carboxylic acids is 1. The molecule has 0 aliphatic rings. The van der Waals surface area contributed by atoms with Crippen molar-refractivity contribution in [2.45, 2.75) is 40.5 Å². The monoisotopic (exact) mass is 298 g/mol. The summed E-state index contributed by atoms with van der Waals surface area (Å²) in [6, 6.07) is 3.89. The highest BCUT2D eigenvalue weighted by molar-refractivity contribution is 7.12. The molecule has 0 fully saturated rings. The summed E-state index contributed by atoms with van der Waals surface area (Å²) >= 11 is 1.56. The maximum atomic E-state index is 12.2. The standard InChI is InChI=1S/C15H22O4S/c1-5-11-7-8-12(20-11)9-15(10(3)4,13(16)17)14(18)19-6-2/h7-8,10H,5-6,9H2,1-4H3,(H,16,17). The van der Waals surface area contributed by atoms with E-state index in [0.29, 0.717) is 0 Å².